The fourth-order valence-electron chi connectivity index (χ4n) is 8.56. The summed E-state index contributed by atoms with van der Waals surface area (Å²) in [5.74, 6) is 0. The van der Waals surface area contributed by atoms with E-state index in [2.05, 4.69) is 83.8 Å². The molecule has 50 heavy (non-hydrogen) atoms. The lowest BCUT2D eigenvalue weighted by Gasteiger charge is -2.27. The third-order valence-corrected chi connectivity index (χ3v) is 11.0. The number of nitrogens with zero attached hydrogens (tertiary/aromatic N) is 3. The second-order valence-corrected chi connectivity index (χ2v) is 14.0. The maximum atomic E-state index is 13.5. The third-order valence-electron chi connectivity index (χ3n) is 11.0. The number of aromatic nitrogens is 1. The summed E-state index contributed by atoms with van der Waals surface area (Å²) >= 11 is 0. The van der Waals surface area contributed by atoms with Crippen LogP contribution in [0.1, 0.15) is 55.1 Å². The molecule has 250 valence electrons. The van der Waals surface area contributed by atoms with Gasteiger partial charge in [0.2, 0.25) is 0 Å². The molecule has 7 nitrogen and oxygen atoms in total. The highest BCUT2D eigenvalue weighted by Gasteiger charge is 2.46. The Balaban J connectivity index is 1.12. The Morgan fingerprint density at radius 1 is 0.620 bits per heavy atom. The SMILES string of the molecule is CCCc1ccc2c(ccc3oc(=O)c(C4=CC5C(c6c(cc(-c7cc8c(ccc9cc(CCC)ccc98)oc7=O)n6C)N5C)N4C)cc32)c1. The van der Waals surface area contributed by atoms with Gasteiger partial charge in [-0.15, -0.1) is 0 Å². The predicted molar refractivity (Wildman–Crippen MR) is 203 cm³/mol. The molecule has 2 aliphatic heterocycles. The van der Waals surface area contributed by atoms with Crippen LogP contribution in [0.25, 0.3) is 60.4 Å². The number of aryl methyl sites for hydroxylation is 2. The number of anilines is 1. The van der Waals surface area contributed by atoms with Gasteiger partial charge in [-0.05, 0) is 81.9 Å². The van der Waals surface area contributed by atoms with Gasteiger partial charge in [-0.2, -0.15) is 0 Å². The van der Waals surface area contributed by atoms with Crippen LogP contribution in [-0.4, -0.2) is 29.6 Å². The van der Waals surface area contributed by atoms with Crippen LogP contribution in [0.4, 0.5) is 5.69 Å². The topological polar surface area (TPSA) is 71.8 Å². The first-order valence-corrected chi connectivity index (χ1v) is 17.6. The Kier molecular flexibility index (Phi) is 6.85. The van der Waals surface area contributed by atoms with E-state index < -0.39 is 0 Å². The van der Waals surface area contributed by atoms with Crippen molar-refractivity contribution in [3.05, 3.63) is 128 Å². The standard InChI is InChI=1S/C43H39N3O4/c1-6-8-24-10-14-28-26(18-24)12-16-38-30(28)20-32(42(47)49-38)34-22-36-40(45(34)4)41-37(44(36)3)23-35(46(41)5)33-21-31-29-15-11-25(9-7-2)19-27(29)13-17-39(31)50-43(33)48/h10-23,36,40H,6-9H2,1-5H3. The summed E-state index contributed by atoms with van der Waals surface area (Å²) in [5, 5.41) is 6.27. The van der Waals surface area contributed by atoms with Gasteiger partial charge in [-0.3, -0.25) is 0 Å². The summed E-state index contributed by atoms with van der Waals surface area (Å²) in [4.78, 5) is 31.5. The summed E-state index contributed by atoms with van der Waals surface area (Å²) in [6, 6.07) is 27.0. The first-order chi connectivity index (χ1) is 24.2. The molecular formula is C43H39N3O4. The van der Waals surface area contributed by atoms with E-state index in [9.17, 15) is 9.59 Å². The monoisotopic (exact) mass is 661 g/mol. The fourth-order valence-corrected chi connectivity index (χ4v) is 8.56. The van der Waals surface area contributed by atoms with Crippen LogP contribution in [0.15, 0.2) is 103 Å². The van der Waals surface area contributed by atoms with Crippen LogP contribution >= 0.6 is 0 Å². The number of likely N-dealkylation sites (N-methyl/N-ethyl adjacent to an activating group) is 2. The van der Waals surface area contributed by atoms with Crippen LogP contribution < -0.4 is 16.2 Å². The first kappa shape index (κ1) is 30.5. The minimum atomic E-state index is -0.362. The lowest BCUT2D eigenvalue weighted by molar-refractivity contribution is 0.356. The molecule has 0 amide bonds. The van der Waals surface area contributed by atoms with E-state index in [4.69, 9.17) is 8.83 Å². The lowest BCUT2D eigenvalue weighted by atomic mass is 10.00. The van der Waals surface area contributed by atoms with Crippen LogP contribution in [0.5, 0.6) is 0 Å². The number of benzene rings is 4. The van der Waals surface area contributed by atoms with Gasteiger partial charge in [-0.25, -0.2) is 9.59 Å². The summed E-state index contributed by atoms with van der Waals surface area (Å²) in [6.45, 7) is 4.38. The predicted octanol–water partition coefficient (Wildman–Crippen LogP) is 8.96. The summed E-state index contributed by atoms with van der Waals surface area (Å²) in [5.41, 5.74) is 7.93. The smallest absolute Gasteiger partial charge is 0.345 e. The van der Waals surface area contributed by atoms with E-state index in [1.165, 1.54) is 11.1 Å². The number of hydrogen-bond donors (Lipinski definition) is 0. The number of fused-ring (bicyclic) bond motifs is 9. The lowest BCUT2D eigenvalue weighted by Crippen LogP contribution is -2.31. The average Bonchev–Trinajstić information content (AvgIpc) is 3.72. The molecule has 7 heteroatoms. The molecule has 2 unspecified atom stereocenters. The van der Waals surface area contributed by atoms with Gasteiger partial charge in [-0.1, -0.05) is 75.2 Å². The van der Waals surface area contributed by atoms with Gasteiger partial charge in [0.1, 0.15) is 11.2 Å². The van der Waals surface area contributed by atoms with Crippen molar-refractivity contribution in [2.24, 2.45) is 7.05 Å². The molecule has 5 heterocycles. The molecule has 0 saturated heterocycles. The molecule has 9 rings (SSSR count). The maximum absolute atomic E-state index is 13.5. The highest BCUT2D eigenvalue weighted by atomic mass is 16.4. The largest absolute Gasteiger partial charge is 0.422 e. The molecule has 0 spiro atoms. The van der Waals surface area contributed by atoms with Crippen molar-refractivity contribution in [2.75, 3.05) is 19.0 Å². The molecule has 3 aromatic heterocycles. The van der Waals surface area contributed by atoms with Gasteiger partial charge < -0.3 is 23.2 Å². The zero-order valence-electron chi connectivity index (χ0n) is 29.0. The number of hydrogen-bond acceptors (Lipinski definition) is 6. The molecule has 0 aliphatic carbocycles. The molecule has 2 aliphatic rings. The van der Waals surface area contributed by atoms with Crippen molar-refractivity contribution in [1.82, 2.24) is 9.47 Å². The van der Waals surface area contributed by atoms with E-state index in [0.717, 1.165) is 80.8 Å². The van der Waals surface area contributed by atoms with Gasteiger partial charge >= 0.3 is 11.3 Å². The molecule has 4 aromatic carbocycles. The van der Waals surface area contributed by atoms with E-state index in [-0.39, 0.29) is 23.3 Å². The van der Waals surface area contributed by atoms with Crippen molar-refractivity contribution in [2.45, 2.75) is 51.6 Å². The van der Waals surface area contributed by atoms with Crippen molar-refractivity contribution in [3.8, 4) is 11.3 Å². The average molecular weight is 662 g/mol. The molecule has 0 radical (unpaired) electrons. The summed E-state index contributed by atoms with van der Waals surface area (Å²) in [7, 11) is 6.14. The minimum absolute atomic E-state index is 0.00809. The normalized spacial score (nSPS) is 17.0. The zero-order chi connectivity index (χ0) is 34.4. The first-order valence-electron chi connectivity index (χ1n) is 17.6. The molecular weight excluding hydrogens is 622 g/mol. The molecule has 0 fully saturated rings. The molecule has 7 aromatic rings. The van der Waals surface area contributed by atoms with Crippen molar-refractivity contribution >= 4 is 54.9 Å². The maximum Gasteiger partial charge on any atom is 0.345 e. The van der Waals surface area contributed by atoms with Crippen LogP contribution in [0.3, 0.4) is 0 Å². The Labute approximate surface area is 289 Å². The zero-order valence-corrected chi connectivity index (χ0v) is 29.0. The quantitative estimate of drug-likeness (QED) is 0.131. The van der Waals surface area contributed by atoms with Crippen LogP contribution in [0.2, 0.25) is 0 Å². The fraction of sp³-hybridized carbons (Fsp3) is 0.256. The van der Waals surface area contributed by atoms with E-state index in [0.29, 0.717) is 22.3 Å². The number of rotatable bonds is 6. The molecule has 0 bridgehead atoms. The van der Waals surface area contributed by atoms with E-state index in [1.807, 2.05) is 50.5 Å². The highest BCUT2D eigenvalue weighted by Crippen LogP contribution is 2.51. The van der Waals surface area contributed by atoms with Gasteiger partial charge in [0, 0.05) is 37.6 Å². The van der Waals surface area contributed by atoms with E-state index >= 15 is 0 Å². The second kappa shape index (κ2) is 11.2. The van der Waals surface area contributed by atoms with Crippen molar-refractivity contribution in [3.63, 3.8) is 0 Å². The Morgan fingerprint density at radius 2 is 1.18 bits per heavy atom. The molecule has 2 atom stereocenters. The second-order valence-electron chi connectivity index (χ2n) is 14.0. The molecule has 0 saturated carbocycles. The molecule has 0 N–H and O–H groups in total. The highest BCUT2D eigenvalue weighted by molar-refractivity contribution is 6.07. The van der Waals surface area contributed by atoms with Crippen LogP contribution in [0, 0.1) is 0 Å². The summed E-state index contributed by atoms with van der Waals surface area (Å²) < 4.78 is 14.0. The Hall–Kier alpha value is -5.56. The summed E-state index contributed by atoms with van der Waals surface area (Å²) in [6.07, 6.45) is 6.41. The van der Waals surface area contributed by atoms with Crippen LogP contribution in [-0.2, 0) is 19.9 Å². The third kappa shape index (κ3) is 4.42. The minimum Gasteiger partial charge on any atom is -0.422 e. The van der Waals surface area contributed by atoms with Gasteiger partial charge in [0.15, 0.2) is 0 Å². The van der Waals surface area contributed by atoms with E-state index in [1.54, 1.807) is 0 Å². The van der Waals surface area contributed by atoms with Gasteiger partial charge in [0.25, 0.3) is 0 Å². The van der Waals surface area contributed by atoms with Crippen molar-refractivity contribution in [1.29, 1.82) is 0 Å². The Bertz CT molecular complexity index is 2690. The van der Waals surface area contributed by atoms with Crippen molar-refractivity contribution < 1.29 is 8.83 Å². The van der Waals surface area contributed by atoms with Gasteiger partial charge in [0.05, 0.1) is 40.3 Å². The Morgan fingerprint density at radius 3 is 1.76 bits per heavy atom.